The highest BCUT2D eigenvalue weighted by Gasteiger charge is 2.32. The predicted molar refractivity (Wildman–Crippen MR) is 95.6 cm³/mol. The molecule has 0 bridgehead atoms. The Labute approximate surface area is 156 Å². The number of carbonyl (C=O) groups excluding carboxylic acids is 1. The number of benzene rings is 2. The minimum Gasteiger partial charge on any atom is -0.496 e. The second-order valence-electron chi connectivity index (χ2n) is 6.53. The van der Waals surface area contributed by atoms with E-state index in [2.05, 4.69) is 10.1 Å². The molecule has 0 aliphatic rings. The van der Waals surface area contributed by atoms with Gasteiger partial charge in [-0.25, -0.2) is 0 Å². The van der Waals surface area contributed by atoms with E-state index in [1.54, 1.807) is 19.2 Å². The molecule has 0 atom stereocenters. The summed E-state index contributed by atoms with van der Waals surface area (Å²) in [5.74, 6) is 0.0706. The first-order valence-corrected chi connectivity index (χ1v) is 8.40. The number of halogens is 3. The summed E-state index contributed by atoms with van der Waals surface area (Å²) in [5.41, 5.74) is 0.424. The lowest BCUT2D eigenvalue weighted by molar-refractivity contribution is -0.274. The maximum Gasteiger partial charge on any atom is 0.573 e. The van der Waals surface area contributed by atoms with Gasteiger partial charge in [-0.2, -0.15) is 0 Å². The van der Waals surface area contributed by atoms with E-state index in [0.717, 1.165) is 5.56 Å². The molecular formula is C20H22F3NO3. The maximum atomic E-state index is 12.5. The molecule has 0 fully saturated rings. The highest BCUT2D eigenvalue weighted by Crippen LogP contribution is 2.30. The van der Waals surface area contributed by atoms with Gasteiger partial charge in [-0.15, -0.1) is 13.2 Å². The topological polar surface area (TPSA) is 47.6 Å². The van der Waals surface area contributed by atoms with Gasteiger partial charge in [0.25, 0.3) is 0 Å². The second kappa shape index (κ2) is 8.33. The molecule has 0 unspecified atom stereocenters. The Hall–Kier alpha value is -2.70. The van der Waals surface area contributed by atoms with Crippen molar-refractivity contribution in [2.24, 2.45) is 0 Å². The molecule has 0 saturated heterocycles. The Morgan fingerprint density at radius 3 is 2.22 bits per heavy atom. The Morgan fingerprint density at radius 2 is 1.59 bits per heavy atom. The van der Waals surface area contributed by atoms with Gasteiger partial charge in [0.1, 0.15) is 11.5 Å². The van der Waals surface area contributed by atoms with Crippen molar-refractivity contribution in [3.8, 4) is 11.5 Å². The normalized spacial score (nSPS) is 11.8. The summed E-state index contributed by atoms with van der Waals surface area (Å²) >= 11 is 0. The van der Waals surface area contributed by atoms with Crippen molar-refractivity contribution < 1.29 is 27.4 Å². The summed E-state index contributed by atoms with van der Waals surface area (Å²) in [7, 11) is 1.55. The molecule has 2 rings (SSSR count). The minimum absolute atomic E-state index is 0.0246. The number of carbonyl (C=O) groups is 1. The smallest absolute Gasteiger partial charge is 0.496 e. The van der Waals surface area contributed by atoms with Gasteiger partial charge in [0.05, 0.1) is 12.6 Å². The van der Waals surface area contributed by atoms with Crippen LogP contribution in [-0.2, 0) is 16.8 Å². The van der Waals surface area contributed by atoms with Gasteiger partial charge in [0.15, 0.2) is 0 Å². The molecule has 0 aliphatic carbocycles. The van der Waals surface area contributed by atoms with Crippen LogP contribution in [0.5, 0.6) is 11.5 Å². The number of rotatable bonds is 7. The van der Waals surface area contributed by atoms with Gasteiger partial charge >= 0.3 is 6.36 Å². The van der Waals surface area contributed by atoms with Crippen LogP contribution in [0.3, 0.4) is 0 Å². The van der Waals surface area contributed by atoms with E-state index in [4.69, 9.17) is 4.74 Å². The van der Waals surface area contributed by atoms with Crippen LogP contribution < -0.4 is 14.8 Å². The van der Waals surface area contributed by atoms with Crippen LogP contribution in [0.15, 0.2) is 48.5 Å². The molecule has 7 heteroatoms. The third kappa shape index (κ3) is 5.91. The Bertz CT molecular complexity index is 788. The van der Waals surface area contributed by atoms with Gasteiger partial charge in [0, 0.05) is 12.0 Å². The summed E-state index contributed by atoms with van der Waals surface area (Å²) < 4.78 is 46.8. The molecule has 1 amide bonds. The molecule has 146 valence electrons. The van der Waals surface area contributed by atoms with Crippen molar-refractivity contribution in [3.63, 3.8) is 0 Å². The SMILES string of the molecule is COc1ccccc1C(C)(C)NC(=O)CCc1ccccc1OC(F)(F)F. The van der Waals surface area contributed by atoms with E-state index < -0.39 is 11.9 Å². The third-order valence-electron chi connectivity index (χ3n) is 4.05. The van der Waals surface area contributed by atoms with E-state index in [1.807, 2.05) is 32.0 Å². The van der Waals surface area contributed by atoms with Crippen LogP contribution in [0.4, 0.5) is 13.2 Å². The molecular weight excluding hydrogens is 359 g/mol. The van der Waals surface area contributed by atoms with Crippen LogP contribution in [0, 0.1) is 0 Å². The summed E-state index contributed by atoms with van der Waals surface area (Å²) in [4.78, 5) is 12.4. The van der Waals surface area contributed by atoms with Gasteiger partial charge in [-0.05, 0) is 38.0 Å². The monoisotopic (exact) mass is 381 g/mol. The zero-order valence-corrected chi connectivity index (χ0v) is 15.4. The third-order valence-corrected chi connectivity index (χ3v) is 4.05. The van der Waals surface area contributed by atoms with E-state index in [0.29, 0.717) is 11.3 Å². The van der Waals surface area contributed by atoms with Crippen molar-refractivity contribution in [2.75, 3.05) is 7.11 Å². The molecule has 2 aromatic carbocycles. The Balaban J connectivity index is 2.04. The molecule has 0 spiro atoms. The molecule has 1 N–H and O–H groups in total. The fourth-order valence-corrected chi connectivity index (χ4v) is 2.82. The van der Waals surface area contributed by atoms with Crippen LogP contribution in [0.2, 0.25) is 0 Å². The van der Waals surface area contributed by atoms with Crippen molar-refractivity contribution in [1.29, 1.82) is 0 Å². The predicted octanol–water partition coefficient (Wildman–Crippen LogP) is 4.58. The number of hydrogen-bond acceptors (Lipinski definition) is 3. The van der Waals surface area contributed by atoms with Crippen molar-refractivity contribution in [3.05, 3.63) is 59.7 Å². The van der Waals surface area contributed by atoms with Gasteiger partial charge < -0.3 is 14.8 Å². The average Bonchev–Trinajstić information content (AvgIpc) is 2.59. The van der Waals surface area contributed by atoms with E-state index in [9.17, 15) is 18.0 Å². The summed E-state index contributed by atoms with van der Waals surface area (Å²) in [5, 5.41) is 2.90. The molecule has 2 aromatic rings. The summed E-state index contributed by atoms with van der Waals surface area (Å²) in [6.07, 6.45) is -4.62. The van der Waals surface area contributed by atoms with Crippen LogP contribution in [0.1, 0.15) is 31.4 Å². The highest BCUT2D eigenvalue weighted by molar-refractivity contribution is 5.77. The number of hydrogen-bond donors (Lipinski definition) is 1. The van der Waals surface area contributed by atoms with Crippen LogP contribution in [0.25, 0.3) is 0 Å². The Kier molecular flexibility index (Phi) is 6.36. The lowest BCUT2D eigenvalue weighted by atomic mass is 9.93. The second-order valence-corrected chi connectivity index (χ2v) is 6.53. The molecule has 0 saturated carbocycles. The van der Waals surface area contributed by atoms with Crippen LogP contribution >= 0.6 is 0 Å². The standard InChI is InChI=1S/C20H22F3NO3/c1-19(2,15-9-5-7-11-17(15)26-3)24-18(25)13-12-14-8-4-6-10-16(14)27-20(21,22)23/h4-11H,12-13H2,1-3H3,(H,24,25). The fourth-order valence-electron chi connectivity index (χ4n) is 2.82. The van der Waals surface area contributed by atoms with Crippen LogP contribution in [-0.4, -0.2) is 19.4 Å². The van der Waals surface area contributed by atoms with Gasteiger partial charge in [-0.1, -0.05) is 36.4 Å². The number of nitrogens with one attached hydrogen (secondary N) is 1. The fraction of sp³-hybridized carbons (Fsp3) is 0.350. The first-order valence-electron chi connectivity index (χ1n) is 8.40. The van der Waals surface area contributed by atoms with Gasteiger partial charge in [-0.3, -0.25) is 4.79 Å². The lowest BCUT2D eigenvalue weighted by Gasteiger charge is -2.28. The minimum atomic E-state index is -4.77. The van der Waals surface area contributed by atoms with Crippen molar-refractivity contribution in [1.82, 2.24) is 5.32 Å². The number of amides is 1. The average molecular weight is 381 g/mol. The van der Waals surface area contributed by atoms with E-state index in [-0.39, 0.29) is 24.5 Å². The highest BCUT2D eigenvalue weighted by atomic mass is 19.4. The van der Waals surface area contributed by atoms with Crippen molar-refractivity contribution in [2.45, 2.75) is 38.6 Å². The molecule has 0 radical (unpaired) electrons. The van der Waals surface area contributed by atoms with Gasteiger partial charge in [0.2, 0.25) is 5.91 Å². The lowest BCUT2D eigenvalue weighted by Crippen LogP contribution is -2.41. The number of para-hydroxylation sites is 2. The number of methoxy groups -OCH3 is 1. The molecule has 0 aliphatic heterocycles. The van der Waals surface area contributed by atoms with E-state index in [1.165, 1.54) is 18.2 Å². The molecule has 27 heavy (non-hydrogen) atoms. The number of aryl methyl sites for hydroxylation is 1. The zero-order valence-electron chi connectivity index (χ0n) is 15.4. The quantitative estimate of drug-likeness (QED) is 0.764. The number of ether oxygens (including phenoxy) is 2. The molecule has 0 heterocycles. The summed E-state index contributed by atoms with van der Waals surface area (Å²) in [6.45, 7) is 3.67. The zero-order chi connectivity index (χ0) is 20.1. The summed E-state index contributed by atoms with van der Waals surface area (Å²) in [6, 6.07) is 13.1. The van der Waals surface area contributed by atoms with E-state index >= 15 is 0 Å². The molecule has 0 aromatic heterocycles. The Morgan fingerprint density at radius 1 is 1.00 bits per heavy atom. The largest absolute Gasteiger partial charge is 0.573 e. The number of alkyl halides is 3. The first kappa shape index (κ1) is 20.6. The maximum absolute atomic E-state index is 12.5. The first-order chi connectivity index (χ1) is 12.6. The van der Waals surface area contributed by atoms with Crippen molar-refractivity contribution >= 4 is 5.91 Å². The molecule has 4 nitrogen and oxygen atoms in total.